The van der Waals surface area contributed by atoms with E-state index in [1.807, 2.05) is 0 Å². The number of rotatable bonds is 5. The molecule has 0 spiro atoms. The Hall–Kier alpha value is -0.820. The number of halogens is 2. The van der Waals surface area contributed by atoms with Crippen LogP contribution in [0, 0.1) is 0 Å². The molecule has 1 aliphatic heterocycles. The van der Waals surface area contributed by atoms with Gasteiger partial charge in [0.15, 0.2) is 9.84 Å². The van der Waals surface area contributed by atoms with E-state index in [0.717, 1.165) is 0 Å². The first-order valence-corrected chi connectivity index (χ1v) is 9.12. The molecule has 1 fully saturated rings. The number of amides is 1. The maximum atomic E-state index is 11.8. The van der Waals surface area contributed by atoms with Gasteiger partial charge in [0.25, 0.3) is 0 Å². The SMILES string of the molecule is O=C(CCNC1CCS(=O)(=O)C1)Nc1ccc(Cl)cc1Cl. The quantitative estimate of drug-likeness (QED) is 0.852. The van der Waals surface area contributed by atoms with Crippen LogP contribution in [0.3, 0.4) is 0 Å². The summed E-state index contributed by atoms with van der Waals surface area (Å²) in [5.74, 6) is 0.182. The van der Waals surface area contributed by atoms with Gasteiger partial charge in [-0.05, 0) is 24.6 Å². The fourth-order valence-electron chi connectivity index (χ4n) is 2.15. The summed E-state index contributed by atoms with van der Waals surface area (Å²) in [6.45, 7) is 0.428. The van der Waals surface area contributed by atoms with Crippen LogP contribution >= 0.6 is 23.2 Å². The molecule has 2 N–H and O–H groups in total. The lowest BCUT2D eigenvalue weighted by Crippen LogP contribution is -2.32. The minimum absolute atomic E-state index is 0.0538. The zero-order valence-electron chi connectivity index (χ0n) is 11.2. The third-order valence-electron chi connectivity index (χ3n) is 3.22. The van der Waals surface area contributed by atoms with Crippen LogP contribution in [0.1, 0.15) is 12.8 Å². The Morgan fingerprint density at radius 3 is 2.71 bits per heavy atom. The van der Waals surface area contributed by atoms with Crippen LogP contribution in [0.2, 0.25) is 10.0 Å². The first kappa shape index (κ1) is 16.5. The Bertz CT molecular complexity index is 634. The molecule has 5 nitrogen and oxygen atoms in total. The van der Waals surface area contributed by atoms with Crippen molar-refractivity contribution >= 4 is 44.6 Å². The number of nitrogens with one attached hydrogen (secondary N) is 2. The van der Waals surface area contributed by atoms with Gasteiger partial charge in [0.05, 0.1) is 22.2 Å². The van der Waals surface area contributed by atoms with Gasteiger partial charge in [-0.15, -0.1) is 0 Å². The molecule has 0 radical (unpaired) electrons. The Balaban J connectivity index is 1.75. The number of anilines is 1. The third kappa shape index (κ3) is 5.14. The van der Waals surface area contributed by atoms with Crippen LogP contribution in [-0.4, -0.2) is 38.4 Å². The van der Waals surface area contributed by atoms with Gasteiger partial charge in [-0.1, -0.05) is 23.2 Å². The highest BCUT2D eigenvalue weighted by atomic mass is 35.5. The molecule has 0 bridgehead atoms. The van der Waals surface area contributed by atoms with Crippen LogP contribution in [0.5, 0.6) is 0 Å². The fraction of sp³-hybridized carbons (Fsp3) is 0.462. The summed E-state index contributed by atoms with van der Waals surface area (Å²) in [6, 6.07) is 4.78. The number of hydrogen-bond donors (Lipinski definition) is 2. The van der Waals surface area contributed by atoms with Crippen LogP contribution in [0.4, 0.5) is 5.69 Å². The Labute approximate surface area is 133 Å². The molecular formula is C13H16Cl2N2O3S. The molecule has 1 heterocycles. The van der Waals surface area contributed by atoms with Crippen LogP contribution < -0.4 is 10.6 Å². The molecule has 1 aliphatic rings. The van der Waals surface area contributed by atoms with Gasteiger partial charge in [-0.3, -0.25) is 4.79 Å². The normalized spacial score (nSPS) is 20.4. The number of carbonyl (C=O) groups is 1. The maximum absolute atomic E-state index is 11.8. The first-order valence-electron chi connectivity index (χ1n) is 6.54. The van der Waals surface area contributed by atoms with Gasteiger partial charge in [-0.2, -0.15) is 0 Å². The van der Waals surface area contributed by atoms with Crippen molar-refractivity contribution in [2.45, 2.75) is 18.9 Å². The summed E-state index contributed by atoms with van der Waals surface area (Å²) in [7, 11) is -2.90. The molecule has 0 aliphatic carbocycles. The van der Waals surface area contributed by atoms with Crippen molar-refractivity contribution in [3.05, 3.63) is 28.2 Å². The van der Waals surface area contributed by atoms with E-state index in [1.54, 1.807) is 18.2 Å². The van der Waals surface area contributed by atoms with Crippen molar-refractivity contribution < 1.29 is 13.2 Å². The van der Waals surface area contributed by atoms with E-state index in [9.17, 15) is 13.2 Å². The van der Waals surface area contributed by atoms with Gasteiger partial charge >= 0.3 is 0 Å². The summed E-state index contributed by atoms with van der Waals surface area (Å²) in [5, 5.41) is 6.66. The Morgan fingerprint density at radius 2 is 2.10 bits per heavy atom. The first-order chi connectivity index (χ1) is 9.85. The molecule has 8 heteroatoms. The summed E-state index contributed by atoms with van der Waals surface area (Å²) in [6.07, 6.45) is 0.850. The summed E-state index contributed by atoms with van der Waals surface area (Å²) < 4.78 is 22.6. The number of sulfone groups is 1. The second-order valence-corrected chi connectivity index (χ2v) is 8.05. The standard InChI is InChI=1S/C13H16Cl2N2O3S/c14-9-1-2-12(11(15)7-9)17-13(18)3-5-16-10-4-6-21(19,20)8-10/h1-2,7,10,16H,3-6,8H2,(H,17,18). The van der Waals surface area contributed by atoms with Gasteiger partial charge in [0.2, 0.25) is 5.91 Å². The highest BCUT2D eigenvalue weighted by Gasteiger charge is 2.27. The van der Waals surface area contributed by atoms with Crippen molar-refractivity contribution in [1.29, 1.82) is 0 Å². The lowest BCUT2D eigenvalue weighted by molar-refractivity contribution is -0.116. The van der Waals surface area contributed by atoms with E-state index >= 15 is 0 Å². The van der Waals surface area contributed by atoms with E-state index in [2.05, 4.69) is 10.6 Å². The smallest absolute Gasteiger partial charge is 0.225 e. The van der Waals surface area contributed by atoms with Gasteiger partial charge in [0.1, 0.15) is 0 Å². The van der Waals surface area contributed by atoms with E-state index in [0.29, 0.717) is 28.7 Å². The number of carbonyl (C=O) groups excluding carboxylic acids is 1. The summed E-state index contributed by atoms with van der Waals surface area (Å²) in [4.78, 5) is 11.8. The molecule has 1 aromatic rings. The maximum Gasteiger partial charge on any atom is 0.225 e. The number of benzene rings is 1. The van der Waals surface area contributed by atoms with E-state index in [-0.39, 0.29) is 29.9 Å². The molecule has 21 heavy (non-hydrogen) atoms. The van der Waals surface area contributed by atoms with Gasteiger partial charge in [-0.25, -0.2) is 8.42 Å². The molecule has 1 atom stereocenters. The molecule has 1 unspecified atom stereocenters. The summed E-state index contributed by atoms with van der Waals surface area (Å²) >= 11 is 11.7. The topological polar surface area (TPSA) is 75.3 Å². The van der Waals surface area contributed by atoms with Gasteiger partial charge in [0, 0.05) is 24.0 Å². The predicted octanol–water partition coefficient (Wildman–Crippen LogP) is 2.10. The van der Waals surface area contributed by atoms with Crippen molar-refractivity contribution in [3.8, 4) is 0 Å². The highest BCUT2D eigenvalue weighted by molar-refractivity contribution is 7.91. The second kappa shape index (κ2) is 6.96. The molecular weight excluding hydrogens is 335 g/mol. The predicted molar refractivity (Wildman–Crippen MR) is 84.8 cm³/mol. The number of hydrogen-bond acceptors (Lipinski definition) is 4. The minimum Gasteiger partial charge on any atom is -0.325 e. The van der Waals surface area contributed by atoms with Crippen molar-refractivity contribution in [3.63, 3.8) is 0 Å². The monoisotopic (exact) mass is 350 g/mol. The lowest BCUT2D eigenvalue weighted by atomic mass is 10.2. The van der Waals surface area contributed by atoms with Crippen molar-refractivity contribution in [1.82, 2.24) is 5.32 Å². The van der Waals surface area contributed by atoms with E-state index in [4.69, 9.17) is 23.2 Å². The largest absolute Gasteiger partial charge is 0.325 e. The summed E-state index contributed by atoms with van der Waals surface area (Å²) in [5.41, 5.74) is 0.509. The molecule has 116 valence electrons. The zero-order chi connectivity index (χ0) is 15.5. The van der Waals surface area contributed by atoms with Crippen LogP contribution in [-0.2, 0) is 14.6 Å². The Morgan fingerprint density at radius 1 is 1.33 bits per heavy atom. The zero-order valence-corrected chi connectivity index (χ0v) is 13.6. The third-order valence-corrected chi connectivity index (χ3v) is 5.54. The van der Waals surface area contributed by atoms with Crippen LogP contribution in [0.25, 0.3) is 0 Å². The molecule has 1 saturated heterocycles. The molecule has 0 saturated carbocycles. The van der Waals surface area contributed by atoms with Crippen molar-refractivity contribution in [2.24, 2.45) is 0 Å². The molecule has 1 aromatic carbocycles. The molecule has 2 rings (SSSR count). The van der Waals surface area contributed by atoms with Gasteiger partial charge < -0.3 is 10.6 Å². The average Bonchev–Trinajstić information content (AvgIpc) is 2.72. The Kier molecular flexibility index (Phi) is 5.48. The molecule has 0 aromatic heterocycles. The van der Waals surface area contributed by atoms with E-state index < -0.39 is 9.84 Å². The molecule has 1 amide bonds. The fourth-order valence-corrected chi connectivity index (χ4v) is 4.31. The lowest BCUT2D eigenvalue weighted by Gasteiger charge is -2.11. The van der Waals surface area contributed by atoms with Crippen molar-refractivity contribution in [2.75, 3.05) is 23.4 Å². The highest BCUT2D eigenvalue weighted by Crippen LogP contribution is 2.25. The second-order valence-electron chi connectivity index (χ2n) is 4.98. The average molecular weight is 351 g/mol. The van der Waals surface area contributed by atoms with E-state index in [1.165, 1.54) is 0 Å². The minimum atomic E-state index is -2.90. The van der Waals surface area contributed by atoms with Crippen LogP contribution in [0.15, 0.2) is 18.2 Å².